The third-order valence-electron chi connectivity index (χ3n) is 2.75. The maximum Gasteiger partial charge on any atom is 0.0947 e. The number of hydrogen-bond donors (Lipinski definition) is 2. The van der Waals surface area contributed by atoms with E-state index in [0.29, 0.717) is 6.54 Å². The van der Waals surface area contributed by atoms with E-state index in [9.17, 15) is 5.11 Å². The summed E-state index contributed by atoms with van der Waals surface area (Å²) in [6.07, 6.45) is 1.39. The van der Waals surface area contributed by atoms with E-state index in [1.807, 2.05) is 13.2 Å². The highest BCUT2D eigenvalue weighted by molar-refractivity contribution is 5.26. The lowest BCUT2D eigenvalue weighted by Gasteiger charge is -2.24. The molecule has 104 valence electrons. The molecule has 0 bridgehead atoms. The predicted molar refractivity (Wildman–Crippen MR) is 74.6 cm³/mol. The number of β-amino-alcohol motifs (C(OH)–C–C–N with tert-alkyl or cyclic N) is 1. The van der Waals surface area contributed by atoms with Crippen LogP contribution in [0.15, 0.2) is 6.20 Å². The highest BCUT2D eigenvalue weighted by atomic mass is 16.3. The van der Waals surface area contributed by atoms with Crippen LogP contribution in [-0.4, -0.2) is 27.0 Å². The van der Waals surface area contributed by atoms with Crippen LogP contribution in [0.3, 0.4) is 0 Å². The fourth-order valence-electron chi connectivity index (χ4n) is 1.85. The molecule has 0 aromatic carbocycles. The summed E-state index contributed by atoms with van der Waals surface area (Å²) < 4.78 is 1.77. The number of nitrogens with one attached hydrogen (secondary N) is 1. The van der Waals surface area contributed by atoms with Gasteiger partial charge in [-0.05, 0) is 20.8 Å². The molecule has 1 rings (SSSR count). The lowest BCUT2D eigenvalue weighted by Crippen LogP contribution is -2.38. The largest absolute Gasteiger partial charge is 0.387 e. The minimum atomic E-state index is -0.521. The zero-order valence-corrected chi connectivity index (χ0v) is 12.7. The Bertz CT molecular complexity index is 396. The second-order valence-corrected chi connectivity index (χ2v) is 7.00. The standard InChI is InChI=1S/C14H27N3O/c1-13(2,3)12-10(9-17(7)16-12)11(18)8-15-14(4,5)6/h9,11,15,18H,8H2,1-7H3. The number of aryl methyl sites for hydroxylation is 1. The van der Waals surface area contributed by atoms with E-state index in [-0.39, 0.29) is 11.0 Å². The smallest absolute Gasteiger partial charge is 0.0947 e. The summed E-state index contributed by atoms with van der Waals surface area (Å²) in [5.41, 5.74) is 1.83. The Balaban J connectivity index is 2.89. The highest BCUT2D eigenvalue weighted by Gasteiger charge is 2.26. The number of aliphatic hydroxyl groups excluding tert-OH is 1. The quantitative estimate of drug-likeness (QED) is 0.867. The van der Waals surface area contributed by atoms with Crippen molar-refractivity contribution in [1.82, 2.24) is 15.1 Å². The van der Waals surface area contributed by atoms with Crippen molar-refractivity contribution in [3.63, 3.8) is 0 Å². The summed E-state index contributed by atoms with van der Waals surface area (Å²) in [5.74, 6) is 0. The van der Waals surface area contributed by atoms with Gasteiger partial charge in [0.25, 0.3) is 0 Å². The van der Waals surface area contributed by atoms with Crippen LogP contribution in [0.2, 0.25) is 0 Å². The molecule has 4 heteroatoms. The van der Waals surface area contributed by atoms with Crippen LogP contribution in [0, 0.1) is 0 Å². The van der Waals surface area contributed by atoms with Gasteiger partial charge in [-0.25, -0.2) is 0 Å². The molecule has 0 amide bonds. The summed E-state index contributed by atoms with van der Waals surface area (Å²) in [4.78, 5) is 0. The number of aromatic nitrogens is 2. The van der Waals surface area contributed by atoms with Gasteiger partial charge in [0.2, 0.25) is 0 Å². The molecule has 1 heterocycles. The van der Waals surface area contributed by atoms with E-state index in [0.717, 1.165) is 11.3 Å². The van der Waals surface area contributed by atoms with Crippen molar-refractivity contribution in [2.75, 3.05) is 6.54 Å². The van der Waals surface area contributed by atoms with Crippen LogP contribution in [0.4, 0.5) is 0 Å². The number of hydrogen-bond acceptors (Lipinski definition) is 3. The zero-order chi connectivity index (χ0) is 14.1. The molecule has 1 unspecified atom stereocenters. The van der Waals surface area contributed by atoms with Crippen molar-refractivity contribution in [2.24, 2.45) is 7.05 Å². The Morgan fingerprint density at radius 2 is 1.83 bits per heavy atom. The molecule has 0 aliphatic heterocycles. The average Bonchev–Trinajstić information content (AvgIpc) is 2.55. The maximum absolute atomic E-state index is 10.3. The minimum Gasteiger partial charge on any atom is -0.387 e. The topological polar surface area (TPSA) is 50.1 Å². The normalized spacial score (nSPS) is 14.9. The fourth-order valence-corrected chi connectivity index (χ4v) is 1.85. The van der Waals surface area contributed by atoms with Gasteiger partial charge in [-0.3, -0.25) is 4.68 Å². The van der Waals surface area contributed by atoms with Crippen molar-refractivity contribution >= 4 is 0 Å². The Kier molecular flexibility index (Phi) is 4.23. The summed E-state index contributed by atoms with van der Waals surface area (Å²) in [5, 5.41) is 18.1. The molecule has 4 nitrogen and oxygen atoms in total. The first-order chi connectivity index (χ1) is 8.00. The molecule has 0 fully saturated rings. The van der Waals surface area contributed by atoms with Gasteiger partial charge >= 0.3 is 0 Å². The number of nitrogens with zero attached hydrogens (tertiary/aromatic N) is 2. The summed E-state index contributed by atoms with van der Waals surface area (Å²) in [7, 11) is 1.89. The van der Waals surface area contributed by atoms with Crippen molar-refractivity contribution in [2.45, 2.75) is 58.6 Å². The van der Waals surface area contributed by atoms with Crippen LogP contribution in [0.1, 0.15) is 58.9 Å². The molecular weight excluding hydrogens is 226 g/mol. The molecule has 1 aromatic heterocycles. The van der Waals surface area contributed by atoms with Gasteiger partial charge in [0.05, 0.1) is 11.8 Å². The lowest BCUT2D eigenvalue weighted by molar-refractivity contribution is 0.161. The monoisotopic (exact) mass is 253 g/mol. The summed E-state index contributed by atoms with van der Waals surface area (Å²) in [6.45, 7) is 13.2. The first-order valence-corrected chi connectivity index (χ1v) is 6.48. The van der Waals surface area contributed by atoms with Crippen molar-refractivity contribution in [1.29, 1.82) is 0 Å². The van der Waals surface area contributed by atoms with E-state index in [4.69, 9.17) is 0 Å². The predicted octanol–water partition coefficient (Wildman–Crippen LogP) is 2.14. The molecule has 18 heavy (non-hydrogen) atoms. The Morgan fingerprint density at radius 3 is 2.28 bits per heavy atom. The molecule has 2 N–H and O–H groups in total. The van der Waals surface area contributed by atoms with Crippen LogP contribution >= 0.6 is 0 Å². The van der Waals surface area contributed by atoms with Crippen molar-refractivity contribution in [3.8, 4) is 0 Å². The number of aliphatic hydroxyl groups is 1. The minimum absolute atomic E-state index is 0.00504. The SMILES string of the molecule is Cn1cc(C(O)CNC(C)(C)C)c(C(C)(C)C)n1. The molecule has 0 spiro atoms. The van der Waals surface area contributed by atoms with Crippen LogP contribution < -0.4 is 5.32 Å². The molecular formula is C14H27N3O. The highest BCUT2D eigenvalue weighted by Crippen LogP contribution is 2.28. The van der Waals surface area contributed by atoms with E-state index in [1.54, 1.807) is 4.68 Å². The summed E-state index contributed by atoms with van der Waals surface area (Å²) in [6, 6.07) is 0. The fraction of sp³-hybridized carbons (Fsp3) is 0.786. The van der Waals surface area contributed by atoms with Gasteiger partial charge in [0, 0.05) is 36.3 Å². The second-order valence-electron chi connectivity index (χ2n) is 7.00. The summed E-state index contributed by atoms with van der Waals surface area (Å²) >= 11 is 0. The van der Waals surface area contributed by atoms with E-state index in [2.05, 4.69) is 52.0 Å². The van der Waals surface area contributed by atoms with Crippen LogP contribution in [0.25, 0.3) is 0 Å². The van der Waals surface area contributed by atoms with Crippen molar-refractivity contribution in [3.05, 3.63) is 17.5 Å². The van der Waals surface area contributed by atoms with Gasteiger partial charge < -0.3 is 10.4 Å². The molecule has 0 saturated heterocycles. The molecule has 1 aromatic rings. The number of rotatable bonds is 3. The maximum atomic E-state index is 10.3. The lowest BCUT2D eigenvalue weighted by atomic mass is 9.88. The third kappa shape index (κ3) is 4.10. The third-order valence-corrected chi connectivity index (χ3v) is 2.75. The van der Waals surface area contributed by atoms with Gasteiger partial charge in [0.15, 0.2) is 0 Å². The molecule has 0 aliphatic rings. The van der Waals surface area contributed by atoms with E-state index < -0.39 is 6.10 Å². The van der Waals surface area contributed by atoms with Crippen LogP contribution in [0.5, 0.6) is 0 Å². The van der Waals surface area contributed by atoms with E-state index >= 15 is 0 Å². The Hall–Kier alpha value is -0.870. The van der Waals surface area contributed by atoms with Gasteiger partial charge in [-0.2, -0.15) is 5.10 Å². The van der Waals surface area contributed by atoms with Gasteiger partial charge in [-0.1, -0.05) is 20.8 Å². The first-order valence-electron chi connectivity index (χ1n) is 6.48. The van der Waals surface area contributed by atoms with Gasteiger partial charge in [-0.15, -0.1) is 0 Å². The Labute approximate surface area is 110 Å². The second kappa shape index (κ2) is 5.02. The first kappa shape index (κ1) is 15.2. The molecule has 0 radical (unpaired) electrons. The van der Waals surface area contributed by atoms with Gasteiger partial charge in [0.1, 0.15) is 0 Å². The molecule has 0 saturated carbocycles. The zero-order valence-electron chi connectivity index (χ0n) is 12.7. The Morgan fingerprint density at radius 1 is 1.28 bits per heavy atom. The average molecular weight is 253 g/mol. The van der Waals surface area contributed by atoms with Crippen molar-refractivity contribution < 1.29 is 5.11 Å². The van der Waals surface area contributed by atoms with Crippen LogP contribution in [-0.2, 0) is 12.5 Å². The van der Waals surface area contributed by atoms with E-state index in [1.165, 1.54) is 0 Å². The molecule has 0 aliphatic carbocycles. The molecule has 1 atom stereocenters.